The standard InChI is InChI=1S/C11H20N2O4/c1-3-5-9(10(15)16)12-11(17)13(6-4-2)7-8-14/h4,9,14H,2-3,5-8H2,1H3,(H,12,17)(H,15,16)/t9-/m1/s1. The zero-order chi connectivity index (χ0) is 13.3. The van der Waals surface area contributed by atoms with Gasteiger partial charge in [0.25, 0.3) is 0 Å². The second kappa shape index (κ2) is 8.58. The number of amides is 2. The molecular weight excluding hydrogens is 224 g/mol. The molecule has 0 fully saturated rings. The van der Waals surface area contributed by atoms with E-state index in [0.29, 0.717) is 12.8 Å². The molecule has 17 heavy (non-hydrogen) atoms. The number of aliphatic hydroxyl groups excluding tert-OH is 1. The summed E-state index contributed by atoms with van der Waals surface area (Å²) in [6.45, 7) is 5.58. The first-order chi connectivity index (χ1) is 8.06. The van der Waals surface area contributed by atoms with Gasteiger partial charge in [-0.2, -0.15) is 0 Å². The van der Waals surface area contributed by atoms with Gasteiger partial charge in [-0.25, -0.2) is 9.59 Å². The minimum atomic E-state index is -1.05. The molecule has 0 rings (SSSR count). The van der Waals surface area contributed by atoms with Crippen LogP contribution in [0.3, 0.4) is 0 Å². The van der Waals surface area contributed by atoms with E-state index in [-0.39, 0.29) is 19.7 Å². The molecule has 0 unspecified atom stereocenters. The Bertz CT molecular complexity index is 268. The summed E-state index contributed by atoms with van der Waals surface area (Å²) in [7, 11) is 0. The largest absolute Gasteiger partial charge is 0.480 e. The number of carbonyl (C=O) groups excluding carboxylic acids is 1. The number of nitrogens with zero attached hydrogens (tertiary/aromatic N) is 1. The van der Waals surface area contributed by atoms with Crippen molar-refractivity contribution in [3.63, 3.8) is 0 Å². The molecular formula is C11H20N2O4. The van der Waals surface area contributed by atoms with Crippen LogP contribution in [0.2, 0.25) is 0 Å². The van der Waals surface area contributed by atoms with Crippen molar-refractivity contribution in [2.75, 3.05) is 19.7 Å². The topological polar surface area (TPSA) is 89.9 Å². The Balaban J connectivity index is 4.43. The summed E-state index contributed by atoms with van der Waals surface area (Å²) < 4.78 is 0. The number of aliphatic carboxylic acids is 1. The molecule has 0 saturated heterocycles. The number of carboxylic acids is 1. The highest BCUT2D eigenvalue weighted by atomic mass is 16.4. The fourth-order valence-electron chi connectivity index (χ4n) is 1.34. The van der Waals surface area contributed by atoms with E-state index in [4.69, 9.17) is 10.2 Å². The van der Waals surface area contributed by atoms with Crippen LogP contribution in [0.5, 0.6) is 0 Å². The van der Waals surface area contributed by atoms with Crippen LogP contribution in [0.15, 0.2) is 12.7 Å². The van der Waals surface area contributed by atoms with Crippen molar-refractivity contribution in [1.29, 1.82) is 0 Å². The highest BCUT2D eigenvalue weighted by Crippen LogP contribution is 1.99. The highest BCUT2D eigenvalue weighted by molar-refractivity contribution is 5.82. The van der Waals surface area contributed by atoms with Gasteiger partial charge in [-0.1, -0.05) is 19.4 Å². The zero-order valence-corrected chi connectivity index (χ0v) is 10.1. The van der Waals surface area contributed by atoms with Crippen molar-refractivity contribution in [3.05, 3.63) is 12.7 Å². The van der Waals surface area contributed by atoms with E-state index >= 15 is 0 Å². The molecule has 0 aromatic carbocycles. The summed E-state index contributed by atoms with van der Waals surface area (Å²) in [6.07, 6.45) is 2.56. The van der Waals surface area contributed by atoms with Crippen molar-refractivity contribution in [2.45, 2.75) is 25.8 Å². The molecule has 6 heteroatoms. The lowest BCUT2D eigenvalue weighted by Crippen LogP contribution is -2.48. The van der Waals surface area contributed by atoms with E-state index in [1.165, 1.54) is 11.0 Å². The van der Waals surface area contributed by atoms with E-state index in [2.05, 4.69) is 11.9 Å². The maximum atomic E-state index is 11.7. The third-order valence-corrected chi connectivity index (χ3v) is 2.18. The number of nitrogens with one attached hydrogen (secondary N) is 1. The van der Waals surface area contributed by atoms with Crippen molar-refractivity contribution < 1.29 is 19.8 Å². The molecule has 0 bridgehead atoms. The molecule has 0 saturated carbocycles. The molecule has 0 radical (unpaired) electrons. The van der Waals surface area contributed by atoms with Crippen LogP contribution in [-0.4, -0.2) is 52.9 Å². The maximum Gasteiger partial charge on any atom is 0.326 e. The van der Waals surface area contributed by atoms with Gasteiger partial charge in [-0.15, -0.1) is 6.58 Å². The van der Waals surface area contributed by atoms with Crippen molar-refractivity contribution in [3.8, 4) is 0 Å². The second-order valence-electron chi connectivity index (χ2n) is 3.59. The number of hydrogen-bond donors (Lipinski definition) is 3. The lowest BCUT2D eigenvalue weighted by atomic mass is 10.2. The molecule has 0 aliphatic heterocycles. The zero-order valence-electron chi connectivity index (χ0n) is 10.1. The Labute approximate surface area is 101 Å². The van der Waals surface area contributed by atoms with Crippen LogP contribution < -0.4 is 5.32 Å². The molecule has 0 aliphatic rings. The van der Waals surface area contributed by atoms with Crippen LogP contribution in [0.1, 0.15) is 19.8 Å². The number of carboxylic acid groups (broad SMARTS) is 1. The maximum absolute atomic E-state index is 11.7. The molecule has 3 N–H and O–H groups in total. The van der Waals surface area contributed by atoms with Crippen molar-refractivity contribution >= 4 is 12.0 Å². The van der Waals surface area contributed by atoms with E-state index < -0.39 is 18.0 Å². The SMILES string of the molecule is C=CCN(CCO)C(=O)N[C@H](CCC)C(=O)O. The average molecular weight is 244 g/mol. The molecule has 0 heterocycles. The third kappa shape index (κ3) is 5.91. The molecule has 0 spiro atoms. The Hall–Kier alpha value is -1.56. The summed E-state index contributed by atoms with van der Waals surface area (Å²) in [6, 6.07) is -1.39. The fraction of sp³-hybridized carbons (Fsp3) is 0.636. The summed E-state index contributed by atoms with van der Waals surface area (Å²) in [5, 5.41) is 20.1. The molecule has 6 nitrogen and oxygen atoms in total. The first-order valence-electron chi connectivity index (χ1n) is 5.56. The number of aliphatic hydroxyl groups is 1. The first-order valence-corrected chi connectivity index (χ1v) is 5.56. The van der Waals surface area contributed by atoms with E-state index in [9.17, 15) is 9.59 Å². The van der Waals surface area contributed by atoms with Crippen LogP contribution in [0.4, 0.5) is 4.79 Å². The Morgan fingerprint density at radius 1 is 1.53 bits per heavy atom. The van der Waals surface area contributed by atoms with Crippen LogP contribution in [-0.2, 0) is 4.79 Å². The minimum Gasteiger partial charge on any atom is -0.480 e. The molecule has 2 amide bonds. The summed E-state index contributed by atoms with van der Waals surface area (Å²) >= 11 is 0. The molecule has 0 aliphatic carbocycles. The van der Waals surface area contributed by atoms with E-state index in [1.54, 1.807) is 0 Å². The Morgan fingerprint density at radius 2 is 2.18 bits per heavy atom. The minimum absolute atomic E-state index is 0.149. The quantitative estimate of drug-likeness (QED) is 0.540. The summed E-state index contributed by atoms with van der Waals surface area (Å²) in [4.78, 5) is 23.9. The van der Waals surface area contributed by atoms with Crippen molar-refractivity contribution in [1.82, 2.24) is 10.2 Å². The van der Waals surface area contributed by atoms with E-state index in [1.807, 2.05) is 6.92 Å². The first kappa shape index (κ1) is 15.4. The molecule has 98 valence electrons. The molecule has 0 aromatic heterocycles. The second-order valence-corrected chi connectivity index (χ2v) is 3.59. The van der Waals surface area contributed by atoms with Crippen molar-refractivity contribution in [2.24, 2.45) is 0 Å². The van der Waals surface area contributed by atoms with Gasteiger partial charge < -0.3 is 20.4 Å². The average Bonchev–Trinajstić information content (AvgIpc) is 2.28. The molecule has 0 aromatic rings. The summed E-state index contributed by atoms with van der Waals surface area (Å²) in [5.74, 6) is -1.05. The van der Waals surface area contributed by atoms with Crippen LogP contribution in [0.25, 0.3) is 0 Å². The Kier molecular flexibility index (Phi) is 7.79. The van der Waals surface area contributed by atoms with Crippen LogP contribution in [0, 0.1) is 0 Å². The third-order valence-electron chi connectivity index (χ3n) is 2.18. The molecule has 1 atom stereocenters. The van der Waals surface area contributed by atoms with Gasteiger partial charge in [-0.05, 0) is 6.42 Å². The van der Waals surface area contributed by atoms with Gasteiger partial charge >= 0.3 is 12.0 Å². The predicted molar refractivity (Wildman–Crippen MR) is 63.7 cm³/mol. The smallest absolute Gasteiger partial charge is 0.326 e. The number of carbonyl (C=O) groups is 2. The lowest BCUT2D eigenvalue weighted by molar-refractivity contribution is -0.139. The number of rotatable bonds is 8. The summed E-state index contributed by atoms with van der Waals surface area (Å²) in [5.41, 5.74) is 0. The number of hydrogen-bond acceptors (Lipinski definition) is 3. The Morgan fingerprint density at radius 3 is 2.59 bits per heavy atom. The highest BCUT2D eigenvalue weighted by Gasteiger charge is 2.21. The van der Waals surface area contributed by atoms with E-state index in [0.717, 1.165) is 0 Å². The monoisotopic (exact) mass is 244 g/mol. The van der Waals surface area contributed by atoms with Gasteiger partial charge in [0.05, 0.1) is 6.61 Å². The fourth-order valence-corrected chi connectivity index (χ4v) is 1.34. The van der Waals surface area contributed by atoms with Gasteiger partial charge in [-0.3, -0.25) is 0 Å². The van der Waals surface area contributed by atoms with Gasteiger partial charge in [0.2, 0.25) is 0 Å². The van der Waals surface area contributed by atoms with Gasteiger partial charge in [0.15, 0.2) is 0 Å². The van der Waals surface area contributed by atoms with Crippen LogP contribution >= 0.6 is 0 Å². The van der Waals surface area contributed by atoms with Gasteiger partial charge in [0, 0.05) is 13.1 Å². The normalized spacial score (nSPS) is 11.6. The number of urea groups is 1. The lowest BCUT2D eigenvalue weighted by Gasteiger charge is -2.23. The van der Waals surface area contributed by atoms with Gasteiger partial charge in [0.1, 0.15) is 6.04 Å². The predicted octanol–water partition coefficient (Wildman–Crippen LogP) is 0.430.